The van der Waals surface area contributed by atoms with E-state index >= 15 is 0 Å². The van der Waals surface area contributed by atoms with E-state index in [2.05, 4.69) is 29.4 Å². The molecule has 3 N–H and O–H groups in total. The lowest BCUT2D eigenvalue weighted by Crippen LogP contribution is -2.46. The van der Waals surface area contributed by atoms with Gasteiger partial charge in [-0.05, 0) is 63.3 Å². The lowest BCUT2D eigenvalue weighted by molar-refractivity contribution is -0.0173. The third-order valence-electron chi connectivity index (χ3n) is 7.15. The van der Waals surface area contributed by atoms with Crippen molar-refractivity contribution >= 4 is 28.6 Å². The number of urea groups is 1. The average Bonchev–Trinajstić information content (AvgIpc) is 3.32. The molecule has 5 rings (SSSR count). The number of carbonyl (C=O) groups is 1. The number of fused-ring (bicyclic) bond motifs is 1. The van der Waals surface area contributed by atoms with Crippen LogP contribution in [0.25, 0.3) is 22.4 Å². The number of nitrogens with one attached hydrogen (secondary N) is 2. The van der Waals surface area contributed by atoms with Crippen molar-refractivity contribution in [3.05, 3.63) is 30.5 Å². The number of aliphatic hydroxyl groups is 1. The first kappa shape index (κ1) is 24.5. The maximum Gasteiger partial charge on any atom is 0.318 e. The summed E-state index contributed by atoms with van der Waals surface area (Å²) in [6.45, 7) is 5.76. The van der Waals surface area contributed by atoms with Crippen molar-refractivity contribution in [3.63, 3.8) is 0 Å². The minimum absolute atomic E-state index is 0.0992. The Kier molecular flexibility index (Phi) is 7.06. The van der Waals surface area contributed by atoms with E-state index in [0.29, 0.717) is 11.5 Å². The summed E-state index contributed by atoms with van der Waals surface area (Å²) in [5, 5.41) is 21.1. The van der Waals surface area contributed by atoms with E-state index in [-0.39, 0.29) is 30.4 Å². The number of rotatable bonds is 5. The molecule has 1 saturated heterocycles. The van der Waals surface area contributed by atoms with Crippen LogP contribution in [0.4, 0.5) is 16.3 Å². The zero-order valence-electron chi connectivity index (χ0n) is 21.1. The van der Waals surface area contributed by atoms with Crippen LogP contribution in [0.5, 0.6) is 0 Å². The van der Waals surface area contributed by atoms with Crippen LogP contribution in [0.2, 0.25) is 0 Å². The van der Waals surface area contributed by atoms with Crippen LogP contribution >= 0.6 is 0 Å². The van der Waals surface area contributed by atoms with Crippen molar-refractivity contribution in [2.45, 2.75) is 70.3 Å². The van der Waals surface area contributed by atoms with Crippen molar-refractivity contribution in [3.8, 4) is 11.4 Å². The Labute approximate surface area is 211 Å². The maximum atomic E-state index is 11.7. The summed E-state index contributed by atoms with van der Waals surface area (Å²) < 4.78 is 8.14. The van der Waals surface area contributed by atoms with Crippen molar-refractivity contribution < 1.29 is 14.6 Å². The van der Waals surface area contributed by atoms with E-state index in [4.69, 9.17) is 19.8 Å². The summed E-state index contributed by atoms with van der Waals surface area (Å²) in [5.41, 5.74) is 2.37. The molecule has 10 nitrogen and oxygen atoms in total. The molecule has 0 bridgehead atoms. The number of aliphatic hydroxyl groups excluding tert-OH is 1. The van der Waals surface area contributed by atoms with Crippen molar-refractivity contribution in [1.82, 2.24) is 25.1 Å². The number of amides is 2. The number of hydrogen-bond acceptors (Lipinski definition) is 7. The second-order valence-electron chi connectivity index (χ2n) is 9.82. The van der Waals surface area contributed by atoms with Gasteiger partial charge in [-0.15, -0.1) is 0 Å². The second-order valence-corrected chi connectivity index (χ2v) is 9.82. The van der Waals surface area contributed by atoms with Gasteiger partial charge in [0.25, 0.3) is 0 Å². The van der Waals surface area contributed by atoms with Crippen molar-refractivity contribution in [2.75, 3.05) is 30.4 Å². The van der Waals surface area contributed by atoms with Crippen molar-refractivity contribution in [1.29, 1.82) is 0 Å². The highest BCUT2D eigenvalue weighted by molar-refractivity contribution is 5.90. The highest BCUT2D eigenvalue weighted by atomic mass is 16.5. The minimum Gasteiger partial charge on any atom is -0.393 e. The van der Waals surface area contributed by atoms with Gasteiger partial charge in [-0.3, -0.25) is 0 Å². The van der Waals surface area contributed by atoms with Gasteiger partial charge >= 0.3 is 6.03 Å². The van der Waals surface area contributed by atoms with Gasteiger partial charge < -0.3 is 25.4 Å². The minimum atomic E-state index is -0.267. The standard InChI is InChI=1S/C26H35N7O3/c1-4-21-15-32(14-16(2)36-21)24-22-13-28-33(19-9-11-20(34)12-10-19)25(22)31-23(30-24)17-5-7-18(8-6-17)29-26(35)27-3/h5-8,13,16,19-21,34H,4,9-12,14-15H2,1-3H3,(H2,27,29,35)/t16?,19?,20?,21-/m0/s1. The Morgan fingerprint density at radius 3 is 2.58 bits per heavy atom. The van der Waals surface area contributed by atoms with Crippen LogP contribution < -0.4 is 15.5 Å². The van der Waals surface area contributed by atoms with Gasteiger partial charge in [0.2, 0.25) is 0 Å². The lowest BCUT2D eigenvalue weighted by Gasteiger charge is -2.37. The first-order chi connectivity index (χ1) is 17.4. The van der Waals surface area contributed by atoms with Crippen LogP contribution in [0.3, 0.4) is 0 Å². The Balaban J connectivity index is 1.56. The average molecular weight is 494 g/mol. The van der Waals surface area contributed by atoms with E-state index in [1.54, 1.807) is 7.05 Å². The molecule has 1 aromatic carbocycles. The van der Waals surface area contributed by atoms with Crippen LogP contribution in [0.1, 0.15) is 52.0 Å². The van der Waals surface area contributed by atoms with E-state index in [1.807, 2.05) is 35.1 Å². The molecular formula is C26H35N7O3. The number of nitrogens with zero attached hydrogens (tertiary/aromatic N) is 5. The molecule has 0 radical (unpaired) electrons. The van der Waals surface area contributed by atoms with E-state index < -0.39 is 0 Å². The summed E-state index contributed by atoms with van der Waals surface area (Å²) in [6, 6.07) is 7.47. The molecule has 2 aromatic heterocycles. The third-order valence-corrected chi connectivity index (χ3v) is 7.15. The topological polar surface area (TPSA) is 117 Å². The predicted octanol–water partition coefficient (Wildman–Crippen LogP) is 3.72. The second kappa shape index (κ2) is 10.4. The normalized spacial score (nSPS) is 24.6. The molecule has 2 fully saturated rings. The Hall–Kier alpha value is -3.24. The van der Waals surface area contributed by atoms with Gasteiger partial charge in [-0.25, -0.2) is 19.4 Å². The molecule has 1 aliphatic carbocycles. The quantitative estimate of drug-likeness (QED) is 0.496. The van der Waals surface area contributed by atoms with Gasteiger partial charge in [-0.1, -0.05) is 6.92 Å². The first-order valence-electron chi connectivity index (χ1n) is 12.9. The number of ether oxygens (including phenoxy) is 1. The van der Waals surface area contributed by atoms with E-state index in [0.717, 1.165) is 67.6 Å². The van der Waals surface area contributed by atoms with Gasteiger partial charge in [0.05, 0.1) is 35.9 Å². The largest absolute Gasteiger partial charge is 0.393 e. The molecule has 36 heavy (non-hydrogen) atoms. The van der Waals surface area contributed by atoms with Crippen LogP contribution in [0, 0.1) is 0 Å². The number of anilines is 2. The maximum absolute atomic E-state index is 11.7. The Morgan fingerprint density at radius 1 is 1.14 bits per heavy atom. The fraction of sp³-hybridized carbons (Fsp3) is 0.538. The molecule has 10 heteroatoms. The predicted molar refractivity (Wildman–Crippen MR) is 139 cm³/mol. The summed E-state index contributed by atoms with van der Waals surface area (Å²) >= 11 is 0. The monoisotopic (exact) mass is 493 g/mol. The zero-order chi connectivity index (χ0) is 25.2. The number of carbonyl (C=O) groups excluding carboxylic acids is 1. The first-order valence-corrected chi connectivity index (χ1v) is 12.9. The number of morpholine rings is 1. The summed E-state index contributed by atoms with van der Waals surface area (Å²) in [4.78, 5) is 24.0. The molecule has 2 atom stereocenters. The Bertz CT molecular complexity index is 1200. The Morgan fingerprint density at radius 2 is 1.89 bits per heavy atom. The SMILES string of the molecule is CC[C@H]1CN(c2nc(-c3ccc(NC(=O)NC)cc3)nc3c2cnn3C2CCC(O)CC2)CC(C)O1. The van der Waals surface area contributed by atoms with E-state index in [9.17, 15) is 9.90 Å². The van der Waals surface area contributed by atoms with Gasteiger partial charge in [0, 0.05) is 31.4 Å². The molecule has 3 aromatic rings. The summed E-state index contributed by atoms with van der Waals surface area (Å²) in [5.74, 6) is 1.49. The molecule has 3 heterocycles. The highest BCUT2D eigenvalue weighted by Gasteiger charge is 2.29. The molecule has 192 valence electrons. The van der Waals surface area contributed by atoms with Gasteiger partial charge in [0.1, 0.15) is 5.82 Å². The highest BCUT2D eigenvalue weighted by Crippen LogP contribution is 2.35. The molecule has 1 aliphatic heterocycles. The molecule has 2 amide bonds. The fourth-order valence-electron chi connectivity index (χ4n) is 5.19. The molecule has 1 saturated carbocycles. The van der Waals surface area contributed by atoms with Crippen LogP contribution in [0.15, 0.2) is 30.5 Å². The molecule has 0 spiro atoms. The number of hydrogen-bond donors (Lipinski definition) is 3. The summed E-state index contributed by atoms with van der Waals surface area (Å²) in [6.07, 6.45) is 6.13. The zero-order valence-corrected chi connectivity index (χ0v) is 21.1. The molecular weight excluding hydrogens is 458 g/mol. The van der Waals surface area contributed by atoms with Crippen molar-refractivity contribution in [2.24, 2.45) is 0 Å². The van der Waals surface area contributed by atoms with Gasteiger partial charge in [0.15, 0.2) is 11.5 Å². The lowest BCUT2D eigenvalue weighted by atomic mass is 9.93. The summed E-state index contributed by atoms with van der Waals surface area (Å²) in [7, 11) is 1.58. The van der Waals surface area contributed by atoms with Crippen LogP contribution in [-0.2, 0) is 4.74 Å². The smallest absolute Gasteiger partial charge is 0.318 e. The molecule has 1 unspecified atom stereocenters. The number of aromatic nitrogens is 4. The van der Waals surface area contributed by atoms with Gasteiger partial charge in [-0.2, -0.15) is 5.10 Å². The number of benzene rings is 1. The van der Waals surface area contributed by atoms with E-state index in [1.165, 1.54) is 0 Å². The van der Waals surface area contributed by atoms with Crippen LogP contribution in [-0.4, -0.2) is 69.3 Å². The fourth-order valence-corrected chi connectivity index (χ4v) is 5.19. The third kappa shape index (κ3) is 5.01. The molecule has 2 aliphatic rings.